The van der Waals surface area contributed by atoms with Gasteiger partial charge in [-0.25, -0.2) is 10.2 Å². The first-order chi connectivity index (χ1) is 16.4. The number of carbonyl (C=O) groups is 3. The van der Waals surface area contributed by atoms with Crippen molar-refractivity contribution in [2.45, 2.75) is 0 Å². The van der Waals surface area contributed by atoms with Gasteiger partial charge in [0.2, 0.25) is 0 Å². The normalized spacial score (nSPS) is 10.4. The molecule has 0 fully saturated rings. The molecule has 0 aliphatic heterocycles. The fourth-order valence-corrected chi connectivity index (χ4v) is 2.96. The average molecular weight is 526 g/mol. The number of ether oxygens (including phenoxy) is 3. The Morgan fingerprint density at radius 3 is 2.35 bits per heavy atom. The second-order valence-corrected chi connectivity index (χ2v) is 7.61. The van der Waals surface area contributed by atoms with Gasteiger partial charge >= 0.3 is 17.8 Å². The minimum atomic E-state index is -0.935. The molecule has 0 atom stereocenters. The maximum atomic E-state index is 12.4. The first-order valence-electron chi connectivity index (χ1n) is 9.84. The number of amides is 2. The molecule has 0 aromatic heterocycles. The SMILES string of the molecule is COc1cccc(C(=O)Oc2ccc(C=NNC(=O)C(=O)Nc3ccc(Br)cc3)cc2OC)c1. The third-order valence-electron chi connectivity index (χ3n) is 4.38. The molecule has 3 aromatic carbocycles. The quantitative estimate of drug-likeness (QED) is 0.159. The van der Waals surface area contributed by atoms with Crippen LogP contribution in [0.2, 0.25) is 0 Å². The van der Waals surface area contributed by atoms with Gasteiger partial charge in [-0.1, -0.05) is 22.0 Å². The molecule has 0 saturated carbocycles. The summed E-state index contributed by atoms with van der Waals surface area (Å²) in [6.07, 6.45) is 1.32. The van der Waals surface area contributed by atoms with E-state index in [0.717, 1.165) is 4.47 Å². The van der Waals surface area contributed by atoms with Crippen LogP contribution in [0.1, 0.15) is 15.9 Å². The summed E-state index contributed by atoms with van der Waals surface area (Å²) >= 11 is 3.29. The molecule has 0 saturated heterocycles. The van der Waals surface area contributed by atoms with Crippen LogP contribution in [0.4, 0.5) is 5.69 Å². The number of nitrogens with zero attached hydrogens (tertiary/aromatic N) is 1. The van der Waals surface area contributed by atoms with Crippen molar-refractivity contribution < 1.29 is 28.6 Å². The molecule has 34 heavy (non-hydrogen) atoms. The van der Waals surface area contributed by atoms with Gasteiger partial charge in [0, 0.05) is 10.2 Å². The molecule has 0 spiro atoms. The fourth-order valence-electron chi connectivity index (χ4n) is 2.69. The van der Waals surface area contributed by atoms with E-state index in [1.165, 1.54) is 26.5 Å². The summed E-state index contributed by atoms with van der Waals surface area (Å²) < 4.78 is 16.7. The molecule has 0 heterocycles. The predicted molar refractivity (Wildman–Crippen MR) is 129 cm³/mol. The van der Waals surface area contributed by atoms with Crippen molar-refractivity contribution >= 4 is 45.6 Å². The Bertz CT molecular complexity index is 1230. The van der Waals surface area contributed by atoms with E-state index in [-0.39, 0.29) is 11.5 Å². The number of benzene rings is 3. The van der Waals surface area contributed by atoms with Crippen molar-refractivity contribution in [2.24, 2.45) is 5.10 Å². The lowest BCUT2D eigenvalue weighted by Crippen LogP contribution is -2.32. The Morgan fingerprint density at radius 1 is 0.882 bits per heavy atom. The van der Waals surface area contributed by atoms with Gasteiger partial charge in [0.1, 0.15) is 5.75 Å². The molecule has 0 aliphatic rings. The number of carbonyl (C=O) groups excluding carboxylic acids is 3. The molecular formula is C24H20BrN3O6. The minimum Gasteiger partial charge on any atom is -0.497 e. The van der Waals surface area contributed by atoms with E-state index in [2.05, 4.69) is 31.8 Å². The number of nitrogens with one attached hydrogen (secondary N) is 2. The van der Waals surface area contributed by atoms with Crippen molar-refractivity contribution in [3.05, 3.63) is 82.3 Å². The molecule has 0 unspecified atom stereocenters. The standard InChI is InChI=1S/C24H20BrN3O6/c1-32-19-5-3-4-16(13-19)24(31)34-20-11-6-15(12-21(20)33-2)14-26-28-23(30)22(29)27-18-9-7-17(25)8-10-18/h3-14H,1-2H3,(H,27,29)(H,28,30). The highest BCUT2D eigenvalue weighted by atomic mass is 79.9. The molecular weight excluding hydrogens is 506 g/mol. The highest BCUT2D eigenvalue weighted by Crippen LogP contribution is 2.28. The van der Waals surface area contributed by atoms with Crippen LogP contribution in [0.25, 0.3) is 0 Å². The fraction of sp³-hybridized carbons (Fsp3) is 0.0833. The third kappa shape index (κ3) is 6.66. The van der Waals surface area contributed by atoms with E-state index in [4.69, 9.17) is 14.2 Å². The van der Waals surface area contributed by atoms with Crippen LogP contribution in [0.5, 0.6) is 17.2 Å². The van der Waals surface area contributed by atoms with E-state index in [1.54, 1.807) is 60.7 Å². The van der Waals surface area contributed by atoms with Gasteiger partial charge in [0.15, 0.2) is 11.5 Å². The monoisotopic (exact) mass is 525 g/mol. The van der Waals surface area contributed by atoms with Crippen molar-refractivity contribution in [3.8, 4) is 17.2 Å². The first kappa shape index (κ1) is 24.5. The summed E-state index contributed by atoms with van der Waals surface area (Å²) in [5, 5.41) is 6.24. The van der Waals surface area contributed by atoms with Crippen LogP contribution in [-0.4, -0.2) is 38.2 Å². The zero-order chi connectivity index (χ0) is 24.5. The van der Waals surface area contributed by atoms with E-state index < -0.39 is 17.8 Å². The lowest BCUT2D eigenvalue weighted by Gasteiger charge is -2.10. The lowest BCUT2D eigenvalue weighted by atomic mass is 10.2. The number of rotatable bonds is 7. The molecule has 174 valence electrons. The highest BCUT2D eigenvalue weighted by molar-refractivity contribution is 9.10. The maximum absolute atomic E-state index is 12.4. The van der Waals surface area contributed by atoms with Gasteiger partial charge in [-0.15, -0.1) is 0 Å². The van der Waals surface area contributed by atoms with Crippen LogP contribution in [0.15, 0.2) is 76.3 Å². The number of methoxy groups -OCH3 is 2. The largest absolute Gasteiger partial charge is 0.497 e. The molecule has 0 radical (unpaired) electrons. The molecule has 10 heteroatoms. The van der Waals surface area contributed by atoms with Gasteiger partial charge in [-0.3, -0.25) is 9.59 Å². The second kappa shape index (κ2) is 11.6. The predicted octanol–water partition coefficient (Wildman–Crippen LogP) is 3.77. The molecule has 3 aromatic rings. The van der Waals surface area contributed by atoms with Gasteiger partial charge in [-0.05, 0) is 66.2 Å². The number of anilines is 1. The maximum Gasteiger partial charge on any atom is 0.343 e. The topological polar surface area (TPSA) is 115 Å². The van der Waals surface area contributed by atoms with Crippen molar-refractivity contribution in [1.29, 1.82) is 0 Å². The molecule has 3 rings (SSSR count). The molecule has 0 aliphatic carbocycles. The Hall–Kier alpha value is -4.18. The number of esters is 1. The minimum absolute atomic E-state index is 0.199. The first-order valence-corrected chi connectivity index (χ1v) is 10.6. The second-order valence-electron chi connectivity index (χ2n) is 6.69. The number of hydrazone groups is 1. The Morgan fingerprint density at radius 2 is 1.65 bits per heavy atom. The highest BCUT2D eigenvalue weighted by Gasteiger charge is 2.15. The summed E-state index contributed by atoms with van der Waals surface area (Å²) in [5.74, 6) is -1.38. The Balaban J connectivity index is 1.60. The van der Waals surface area contributed by atoms with Crippen LogP contribution in [0.3, 0.4) is 0 Å². The molecule has 2 N–H and O–H groups in total. The summed E-state index contributed by atoms with van der Waals surface area (Å²) in [6.45, 7) is 0. The molecule has 2 amide bonds. The van der Waals surface area contributed by atoms with Crippen LogP contribution in [0, 0.1) is 0 Å². The summed E-state index contributed by atoms with van der Waals surface area (Å²) in [4.78, 5) is 36.4. The van der Waals surface area contributed by atoms with E-state index >= 15 is 0 Å². The van der Waals surface area contributed by atoms with Crippen LogP contribution < -0.4 is 25.0 Å². The zero-order valence-corrected chi connectivity index (χ0v) is 19.8. The van der Waals surface area contributed by atoms with Gasteiger partial charge in [0.05, 0.1) is 26.0 Å². The van der Waals surface area contributed by atoms with Gasteiger partial charge < -0.3 is 19.5 Å². The van der Waals surface area contributed by atoms with Crippen LogP contribution in [-0.2, 0) is 9.59 Å². The van der Waals surface area contributed by atoms with Gasteiger partial charge in [-0.2, -0.15) is 5.10 Å². The zero-order valence-electron chi connectivity index (χ0n) is 18.2. The Labute approximate surface area is 203 Å². The number of halogens is 1. The Kier molecular flexibility index (Phi) is 8.36. The van der Waals surface area contributed by atoms with Crippen molar-refractivity contribution in [1.82, 2.24) is 5.43 Å². The van der Waals surface area contributed by atoms with E-state index in [9.17, 15) is 14.4 Å². The molecule has 0 bridgehead atoms. The summed E-state index contributed by atoms with van der Waals surface area (Å²) in [5.41, 5.74) is 3.47. The summed E-state index contributed by atoms with van der Waals surface area (Å²) in [6, 6.07) is 18.0. The van der Waals surface area contributed by atoms with E-state index in [1.807, 2.05) is 0 Å². The number of hydrogen-bond donors (Lipinski definition) is 2. The van der Waals surface area contributed by atoms with E-state index in [0.29, 0.717) is 22.6 Å². The average Bonchev–Trinajstić information content (AvgIpc) is 2.86. The number of hydrogen-bond acceptors (Lipinski definition) is 7. The smallest absolute Gasteiger partial charge is 0.343 e. The molecule has 9 nitrogen and oxygen atoms in total. The third-order valence-corrected chi connectivity index (χ3v) is 4.91. The van der Waals surface area contributed by atoms with Crippen molar-refractivity contribution in [2.75, 3.05) is 19.5 Å². The van der Waals surface area contributed by atoms with Crippen molar-refractivity contribution in [3.63, 3.8) is 0 Å². The summed E-state index contributed by atoms with van der Waals surface area (Å²) in [7, 11) is 2.93. The van der Waals surface area contributed by atoms with Gasteiger partial charge in [0.25, 0.3) is 0 Å². The lowest BCUT2D eigenvalue weighted by molar-refractivity contribution is -0.136. The van der Waals surface area contributed by atoms with Crippen LogP contribution >= 0.6 is 15.9 Å².